The van der Waals surface area contributed by atoms with E-state index in [0.29, 0.717) is 12.0 Å². The molecule has 0 unspecified atom stereocenters. The highest BCUT2D eigenvalue weighted by Crippen LogP contribution is 2.09. The minimum Gasteiger partial charge on any atom is -0.411 e. The molecule has 1 aromatic carbocycles. The van der Waals surface area contributed by atoms with Crippen LogP contribution in [0.1, 0.15) is 22.8 Å². The number of nitrogens with zero attached hydrogens (tertiary/aromatic N) is 1. The molecule has 0 atom stereocenters. The summed E-state index contributed by atoms with van der Waals surface area (Å²) in [6.45, 7) is 1.52. The van der Waals surface area contributed by atoms with Crippen LogP contribution >= 0.6 is 0 Å². The van der Waals surface area contributed by atoms with Crippen molar-refractivity contribution in [2.24, 2.45) is 5.16 Å². The molecule has 0 bridgehead atoms. The molecule has 0 spiro atoms. The largest absolute Gasteiger partial charge is 0.411 e. The first-order valence-electron chi connectivity index (χ1n) is 4.00. The molecule has 0 radical (unpaired) electrons. The molecule has 0 saturated heterocycles. The molecule has 0 aliphatic heterocycles. The van der Waals surface area contributed by atoms with E-state index in [9.17, 15) is 4.79 Å². The molecule has 0 aliphatic rings. The van der Waals surface area contributed by atoms with Gasteiger partial charge in [0, 0.05) is 18.2 Å². The first kappa shape index (κ1) is 9.45. The van der Waals surface area contributed by atoms with E-state index >= 15 is 0 Å². The first-order valence-corrected chi connectivity index (χ1v) is 4.00. The molecule has 3 nitrogen and oxygen atoms in total. The Morgan fingerprint density at radius 1 is 1.54 bits per heavy atom. The van der Waals surface area contributed by atoms with Crippen molar-refractivity contribution in [3.8, 4) is 0 Å². The lowest BCUT2D eigenvalue weighted by Gasteiger charge is -2.01. The Balaban J connectivity index is 2.97. The van der Waals surface area contributed by atoms with Gasteiger partial charge in [-0.1, -0.05) is 24.3 Å². The van der Waals surface area contributed by atoms with Crippen molar-refractivity contribution in [2.45, 2.75) is 13.3 Å². The van der Waals surface area contributed by atoms with E-state index in [2.05, 4.69) is 5.16 Å². The molecule has 13 heavy (non-hydrogen) atoms. The van der Waals surface area contributed by atoms with Crippen LogP contribution in [0.5, 0.6) is 0 Å². The predicted octanol–water partition coefficient (Wildman–Crippen LogP) is 1.89. The Kier molecular flexibility index (Phi) is 3.20. The number of ketones is 1. The van der Waals surface area contributed by atoms with E-state index in [1.165, 1.54) is 13.1 Å². The summed E-state index contributed by atoms with van der Waals surface area (Å²) in [5.41, 5.74) is 1.57. The number of carbonyl (C=O) groups excluding carboxylic acids is 1. The van der Waals surface area contributed by atoms with Crippen molar-refractivity contribution in [2.75, 3.05) is 0 Å². The van der Waals surface area contributed by atoms with Crippen LogP contribution in [0.2, 0.25) is 0 Å². The van der Waals surface area contributed by atoms with Gasteiger partial charge < -0.3 is 5.21 Å². The van der Waals surface area contributed by atoms with Gasteiger partial charge >= 0.3 is 0 Å². The topological polar surface area (TPSA) is 49.7 Å². The molecule has 0 fully saturated rings. The second-order valence-electron chi connectivity index (χ2n) is 2.72. The van der Waals surface area contributed by atoms with Crippen LogP contribution in [0.15, 0.2) is 29.4 Å². The Morgan fingerprint density at radius 3 is 2.85 bits per heavy atom. The Hall–Kier alpha value is -1.64. The molecule has 68 valence electrons. The highest BCUT2D eigenvalue weighted by Gasteiger charge is 2.03. The van der Waals surface area contributed by atoms with Crippen LogP contribution in [0.3, 0.4) is 0 Å². The zero-order valence-corrected chi connectivity index (χ0v) is 7.40. The standard InChI is InChI=1S/C10H11NO2/c1-8(12)10-5-3-2-4-9(10)6-7-11-13/h2-5,7,13H,6H2,1H3. The van der Waals surface area contributed by atoms with Gasteiger partial charge in [0.25, 0.3) is 0 Å². The molecular weight excluding hydrogens is 166 g/mol. The summed E-state index contributed by atoms with van der Waals surface area (Å²) in [5.74, 6) is 0.0296. The van der Waals surface area contributed by atoms with E-state index < -0.39 is 0 Å². The average molecular weight is 177 g/mol. The van der Waals surface area contributed by atoms with Crippen LogP contribution in [0.4, 0.5) is 0 Å². The van der Waals surface area contributed by atoms with Crippen molar-refractivity contribution < 1.29 is 10.0 Å². The van der Waals surface area contributed by atoms with Gasteiger partial charge in [0.2, 0.25) is 0 Å². The summed E-state index contributed by atoms with van der Waals surface area (Å²) in [4.78, 5) is 11.1. The first-order chi connectivity index (χ1) is 6.25. The van der Waals surface area contributed by atoms with E-state index in [0.717, 1.165) is 5.56 Å². The van der Waals surface area contributed by atoms with Crippen molar-refractivity contribution in [3.63, 3.8) is 0 Å². The lowest BCUT2D eigenvalue weighted by molar-refractivity contribution is 0.101. The lowest BCUT2D eigenvalue weighted by Crippen LogP contribution is -1.99. The van der Waals surface area contributed by atoms with E-state index in [1.807, 2.05) is 18.2 Å². The Morgan fingerprint density at radius 2 is 2.23 bits per heavy atom. The molecule has 1 N–H and O–H groups in total. The van der Waals surface area contributed by atoms with Crippen molar-refractivity contribution in [1.82, 2.24) is 0 Å². The van der Waals surface area contributed by atoms with Crippen LogP contribution in [-0.4, -0.2) is 17.2 Å². The number of oxime groups is 1. The normalized spacial score (nSPS) is 10.5. The van der Waals surface area contributed by atoms with Crippen molar-refractivity contribution in [3.05, 3.63) is 35.4 Å². The fraction of sp³-hybridized carbons (Fsp3) is 0.200. The maximum atomic E-state index is 11.1. The molecule has 1 rings (SSSR count). The van der Waals surface area contributed by atoms with Crippen LogP contribution in [-0.2, 0) is 6.42 Å². The third-order valence-electron chi connectivity index (χ3n) is 1.79. The summed E-state index contributed by atoms with van der Waals surface area (Å²) in [6.07, 6.45) is 1.84. The molecule has 1 aromatic rings. The molecule has 0 amide bonds. The summed E-state index contributed by atoms with van der Waals surface area (Å²) in [7, 11) is 0. The SMILES string of the molecule is CC(=O)c1ccccc1CC=NO. The van der Waals surface area contributed by atoms with Gasteiger partial charge in [-0.15, -0.1) is 5.16 Å². The molecular formula is C10H11NO2. The maximum absolute atomic E-state index is 11.1. The molecule has 3 heteroatoms. The number of carbonyl (C=O) groups is 1. The van der Waals surface area contributed by atoms with Crippen LogP contribution < -0.4 is 0 Å². The fourth-order valence-electron chi connectivity index (χ4n) is 1.18. The molecule has 0 saturated carbocycles. The highest BCUT2D eigenvalue weighted by molar-refractivity contribution is 5.96. The van der Waals surface area contributed by atoms with Gasteiger partial charge in [0.05, 0.1) is 0 Å². The summed E-state index contributed by atoms with van der Waals surface area (Å²) in [5, 5.41) is 11.1. The summed E-state index contributed by atoms with van der Waals surface area (Å²) < 4.78 is 0. The Labute approximate surface area is 76.7 Å². The van der Waals surface area contributed by atoms with E-state index in [1.54, 1.807) is 6.07 Å². The fourth-order valence-corrected chi connectivity index (χ4v) is 1.18. The van der Waals surface area contributed by atoms with Gasteiger partial charge in [-0.05, 0) is 12.5 Å². The third-order valence-corrected chi connectivity index (χ3v) is 1.79. The van der Waals surface area contributed by atoms with Gasteiger partial charge in [-0.25, -0.2) is 0 Å². The summed E-state index contributed by atoms with van der Waals surface area (Å²) in [6, 6.07) is 7.28. The van der Waals surface area contributed by atoms with Crippen molar-refractivity contribution in [1.29, 1.82) is 0 Å². The zero-order chi connectivity index (χ0) is 9.68. The second-order valence-corrected chi connectivity index (χ2v) is 2.72. The smallest absolute Gasteiger partial charge is 0.160 e. The number of hydrogen-bond acceptors (Lipinski definition) is 3. The van der Waals surface area contributed by atoms with Gasteiger partial charge in [0.15, 0.2) is 5.78 Å². The Bertz CT molecular complexity index is 331. The zero-order valence-electron chi connectivity index (χ0n) is 7.40. The molecule has 0 heterocycles. The number of benzene rings is 1. The van der Waals surface area contributed by atoms with E-state index in [4.69, 9.17) is 5.21 Å². The van der Waals surface area contributed by atoms with Crippen LogP contribution in [0.25, 0.3) is 0 Å². The van der Waals surface area contributed by atoms with Gasteiger partial charge in [-0.3, -0.25) is 4.79 Å². The lowest BCUT2D eigenvalue weighted by atomic mass is 10.0. The minimum atomic E-state index is 0.0296. The van der Waals surface area contributed by atoms with Crippen LogP contribution in [0, 0.1) is 0 Å². The maximum Gasteiger partial charge on any atom is 0.160 e. The number of rotatable bonds is 3. The average Bonchev–Trinajstić information content (AvgIpc) is 2.15. The third kappa shape index (κ3) is 2.40. The van der Waals surface area contributed by atoms with Gasteiger partial charge in [-0.2, -0.15) is 0 Å². The number of Topliss-reactive ketones (excluding diaryl/α,β-unsaturated/α-hetero) is 1. The predicted molar refractivity (Wildman–Crippen MR) is 50.4 cm³/mol. The van der Waals surface area contributed by atoms with Crippen molar-refractivity contribution >= 4 is 12.0 Å². The molecule has 0 aliphatic carbocycles. The highest BCUT2D eigenvalue weighted by atomic mass is 16.4. The minimum absolute atomic E-state index is 0.0296. The van der Waals surface area contributed by atoms with E-state index in [-0.39, 0.29) is 5.78 Å². The summed E-state index contributed by atoms with van der Waals surface area (Å²) >= 11 is 0. The monoisotopic (exact) mass is 177 g/mol. The van der Waals surface area contributed by atoms with Gasteiger partial charge in [0.1, 0.15) is 0 Å². The molecule has 0 aromatic heterocycles. The quantitative estimate of drug-likeness (QED) is 0.332. The number of hydrogen-bond donors (Lipinski definition) is 1. The second kappa shape index (κ2) is 4.40.